The molecule has 1 amide bonds. The third-order valence-electron chi connectivity index (χ3n) is 3.39. The SMILES string of the molecule is COc1ccc(C(C)NC(=O)c2cc(C#N)cn2C)cc1F. The molecule has 0 aliphatic carbocycles. The Labute approximate surface area is 127 Å². The lowest BCUT2D eigenvalue weighted by Crippen LogP contribution is -2.28. The first kappa shape index (κ1) is 15.6. The molecule has 0 aliphatic rings. The molecular weight excluding hydrogens is 285 g/mol. The van der Waals surface area contributed by atoms with Gasteiger partial charge in [0.1, 0.15) is 11.8 Å². The van der Waals surface area contributed by atoms with Crippen molar-refractivity contribution in [2.45, 2.75) is 13.0 Å². The number of ether oxygens (including phenoxy) is 1. The third-order valence-corrected chi connectivity index (χ3v) is 3.39. The Morgan fingerprint density at radius 1 is 1.45 bits per heavy atom. The Balaban J connectivity index is 2.16. The number of methoxy groups -OCH3 is 1. The Morgan fingerprint density at radius 3 is 2.73 bits per heavy atom. The molecule has 0 spiro atoms. The first-order valence-corrected chi connectivity index (χ1v) is 6.67. The van der Waals surface area contributed by atoms with Gasteiger partial charge in [-0.3, -0.25) is 4.79 Å². The van der Waals surface area contributed by atoms with Gasteiger partial charge in [-0.25, -0.2) is 4.39 Å². The van der Waals surface area contributed by atoms with Crippen LogP contribution in [0.4, 0.5) is 4.39 Å². The van der Waals surface area contributed by atoms with Crippen molar-refractivity contribution in [2.75, 3.05) is 7.11 Å². The molecule has 1 aromatic heterocycles. The number of hydrogen-bond donors (Lipinski definition) is 1. The Kier molecular flexibility index (Phi) is 4.47. The number of carbonyl (C=O) groups is 1. The predicted molar refractivity (Wildman–Crippen MR) is 79.0 cm³/mol. The number of rotatable bonds is 4. The van der Waals surface area contributed by atoms with Crippen molar-refractivity contribution in [3.63, 3.8) is 0 Å². The van der Waals surface area contributed by atoms with Crippen LogP contribution in [-0.4, -0.2) is 17.6 Å². The molecule has 1 unspecified atom stereocenters. The van der Waals surface area contributed by atoms with Crippen LogP contribution >= 0.6 is 0 Å². The Morgan fingerprint density at radius 2 is 2.18 bits per heavy atom. The molecule has 0 fully saturated rings. The molecule has 0 saturated heterocycles. The maximum Gasteiger partial charge on any atom is 0.268 e. The van der Waals surface area contributed by atoms with E-state index >= 15 is 0 Å². The molecule has 0 bridgehead atoms. The molecule has 1 atom stereocenters. The summed E-state index contributed by atoms with van der Waals surface area (Å²) in [5, 5.41) is 11.6. The molecule has 0 saturated carbocycles. The van der Waals surface area contributed by atoms with E-state index < -0.39 is 5.82 Å². The van der Waals surface area contributed by atoms with Crippen LogP contribution in [0, 0.1) is 17.1 Å². The molecule has 22 heavy (non-hydrogen) atoms. The summed E-state index contributed by atoms with van der Waals surface area (Å²) in [5.41, 5.74) is 1.41. The minimum absolute atomic E-state index is 0.156. The first-order valence-electron chi connectivity index (χ1n) is 6.67. The second-order valence-electron chi connectivity index (χ2n) is 4.93. The number of nitrogens with zero attached hydrogens (tertiary/aromatic N) is 2. The summed E-state index contributed by atoms with van der Waals surface area (Å²) in [6.07, 6.45) is 1.58. The molecule has 2 rings (SSSR count). The second-order valence-corrected chi connectivity index (χ2v) is 4.93. The van der Waals surface area contributed by atoms with Crippen molar-refractivity contribution in [2.24, 2.45) is 7.05 Å². The van der Waals surface area contributed by atoms with Gasteiger partial charge in [0, 0.05) is 13.2 Å². The van der Waals surface area contributed by atoms with Gasteiger partial charge in [0.25, 0.3) is 5.91 Å². The summed E-state index contributed by atoms with van der Waals surface area (Å²) in [7, 11) is 3.08. The number of aryl methyl sites for hydroxylation is 1. The van der Waals surface area contributed by atoms with Crippen molar-refractivity contribution in [1.29, 1.82) is 5.26 Å². The minimum atomic E-state index is -0.480. The monoisotopic (exact) mass is 301 g/mol. The Hall–Kier alpha value is -2.81. The van der Waals surface area contributed by atoms with Gasteiger partial charge in [-0.15, -0.1) is 0 Å². The molecule has 2 aromatic rings. The van der Waals surface area contributed by atoms with Gasteiger partial charge in [-0.1, -0.05) is 6.07 Å². The molecular formula is C16H16FN3O2. The van der Waals surface area contributed by atoms with E-state index in [1.807, 2.05) is 6.07 Å². The maximum absolute atomic E-state index is 13.7. The summed E-state index contributed by atoms with van der Waals surface area (Å²) < 4.78 is 20.1. The number of halogens is 1. The number of aromatic nitrogens is 1. The highest BCUT2D eigenvalue weighted by atomic mass is 19.1. The number of nitrogens with one attached hydrogen (secondary N) is 1. The molecule has 0 aliphatic heterocycles. The van der Waals surface area contributed by atoms with Gasteiger partial charge in [-0.05, 0) is 30.7 Å². The predicted octanol–water partition coefficient (Wildman–Crippen LogP) is 2.54. The lowest BCUT2D eigenvalue weighted by molar-refractivity contribution is 0.0931. The van der Waals surface area contributed by atoms with Crippen molar-refractivity contribution in [3.05, 3.63) is 53.1 Å². The van der Waals surface area contributed by atoms with E-state index in [1.165, 1.54) is 25.3 Å². The Bertz CT molecular complexity index is 746. The number of benzene rings is 1. The van der Waals surface area contributed by atoms with E-state index in [2.05, 4.69) is 5.32 Å². The van der Waals surface area contributed by atoms with Gasteiger partial charge in [-0.2, -0.15) is 5.26 Å². The normalized spacial score (nSPS) is 11.6. The van der Waals surface area contributed by atoms with E-state index in [1.54, 1.807) is 30.8 Å². The fourth-order valence-corrected chi connectivity index (χ4v) is 2.16. The minimum Gasteiger partial charge on any atom is -0.494 e. The molecule has 1 heterocycles. The average Bonchev–Trinajstić information content (AvgIpc) is 2.88. The van der Waals surface area contributed by atoms with Gasteiger partial charge in [0.05, 0.1) is 18.7 Å². The summed E-state index contributed by atoms with van der Waals surface area (Å²) in [5.74, 6) is -0.650. The zero-order valence-electron chi connectivity index (χ0n) is 12.6. The summed E-state index contributed by atoms with van der Waals surface area (Å²) in [6.45, 7) is 1.76. The van der Waals surface area contributed by atoms with E-state index in [-0.39, 0.29) is 17.7 Å². The van der Waals surface area contributed by atoms with Gasteiger partial charge < -0.3 is 14.6 Å². The van der Waals surface area contributed by atoms with Crippen LogP contribution in [0.15, 0.2) is 30.5 Å². The van der Waals surface area contributed by atoms with Gasteiger partial charge in [0.2, 0.25) is 0 Å². The summed E-state index contributed by atoms with van der Waals surface area (Å²) in [6, 6.07) is 7.65. The van der Waals surface area contributed by atoms with Crippen LogP contribution in [0.5, 0.6) is 5.75 Å². The van der Waals surface area contributed by atoms with E-state index in [0.29, 0.717) is 16.8 Å². The molecule has 5 nitrogen and oxygen atoms in total. The zero-order valence-corrected chi connectivity index (χ0v) is 12.6. The van der Waals surface area contributed by atoms with Crippen LogP contribution in [0.2, 0.25) is 0 Å². The quantitative estimate of drug-likeness (QED) is 0.943. The van der Waals surface area contributed by atoms with Crippen LogP contribution in [0.3, 0.4) is 0 Å². The number of hydrogen-bond acceptors (Lipinski definition) is 3. The van der Waals surface area contributed by atoms with Crippen molar-refractivity contribution in [3.8, 4) is 11.8 Å². The van der Waals surface area contributed by atoms with Crippen LogP contribution in [-0.2, 0) is 7.05 Å². The van der Waals surface area contributed by atoms with E-state index in [9.17, 15) is 9.18 Å². The molecule has 0 radical (unpaired) electrons. The van der Waals surface area contributed by atoms with Crippen LogP contribution < -0.4 is 10.1 Å². The molecule has 1 aromatic carbocycles. The highest BCUT2D eigenvalue weighted by molar-refractivity contribution is 5.93. The number of nitriles is 1. The molecule has 114 valence electrons. The van der Waals surface area contributed by atoms with Crippen molar-refractivity contribution >= 4 is 5.91 Å². The fraction of sp³-hybridized carbons (Fsp3) is 0.250. The van der Waals surface area contributed by atoms with Gasteiger partial charge >= 0.3 is 0 Å². The molecule has 6 heteroatoms. The summed E-state index contributed by atoms with van der Waals surface area (Å²) >= 11 is 0. The number of carbonyl (C=O) groups excluding carboxylic acids is 1. The maximum atomic E-state index is 13.7. The largest absolute Gasteiger partial charge is 0.494 e. The summed E-state index contributed by atoms with van der Waals surface area (Å²) in [4.78, 5) is 12.2. The van der Waals surface area contributed by atoms with Crippen LogP contribution in [0.25, 0.3) is 0 Å². The van der Waals surface area contributed by atoms with E-state index in [4.69, 9.17) is 10.00 Å². The number of amides is 1. The first-order chi connectivity index (χ1) is 10.5. The van der Waals surface area contributed by atoms with Crippen molar-refractivity contribution < 1.29 is 13.9 Å². The van der Waals surface area contributed by atoms with Gasteiger partial charge in [0.15, 0.2) is 11.6 Å². The highest BCUT2D eigenvalue weighted by Gasteiger charge is 2.16. The standard InChI is InChI=1S/C16H16FN3O2/c1-10(12-4-5-15(22-3)13(17)7-12)19-16(21)14-6-11(8-18)9-20(14)2/h4-7,9-10H,1-3H3,(H,19,21). The second kappa shape index (κ2) is 6.31. The lowest BCUT2D eigenvalue weighted by Gasteiger charge is -2.15. The third kappa shape index (κ3) is 3.09. The average molecular weight is 301 g/mol. The van der Waals surface area contributed by atoms with E-state index in [0.717, 1.165) is 0 Å². The topological polar surface area (TPSA) is 67.0 Å². The lowest BCUT2D eigenvalue weighted by atomic mass is 10.1. The highest BCUT2D eigenvalue weighted by Crippen LogP contribution is 2.22. The molecule has 1 N–H and O–H groups in total. The van der Waals surface area contributed by atoms with Crippen molar-refractivity contribution in [1.82, 2.24) is 9.88 Å². The smallest absolute Gasteiger partial charge is 0.268 e. The fourth-order valence-electron chi connectivity index (χ4n) is 2.16. The van der Waals surface area contributed by atoms with Crippen LogP contribution in [0.1, 0.15) is 34.6 Å². The zero-order chi connectivity index (χ0) is 16.3.